The Balaban J connectivity index is 1.32. The molecule has 33 heavy (non-hydrogen) atoms. The molecule has 4 aliphatic carbocycles. The lowest BCUT2D eigenvalue weighted by molar-refractivity contribution is -0.178. The molecule has 0 spiro atoms. The first kappa shape index (κ1) is 23.7. The van der Waals surface area contributed by atoms with Gasteiger partial charge in [-0.05, 0) is 92.2 Å². The first-order valence-electron chi connectivity index (χ1n) is 11.9. The van der Waals surface area contributed by atoms with Gasteiger partial charge in [-0.25, -0.2) is 4.79 Å². The second-order valence-corrected chi connectivity index (χ2v) is 12.7. The number of fused-ring (bicyclic) bond motifs is 5. The molecule has 1 aromatic rings. The zero-order chi connectivity index (χ0) is 23.4. The van der Waals surface area contributed by atoms with E-state index in [0.29, 0.717) is 30.1 Å². The van der Waals surface area contributed by atoms with Gasteiger partial charge in [0.15, 0.2) is 5.78 Å². The normalized spacial score (nSPS) is 36.9. The molecule has 3 saturated carbocycles. The molecule has 7 atom stereocenters. The standard InChI is InChI=1S/C25H29Cl3O5/c1-24-11-10-17-16-7-5-15(29)13-14(16)4-6-18(17)19(24)8-9-21(24)32-23(25(26,27)28)33-22(30)20-3-2-12-31-20/h2-3,12-13,16-19,21,23H,4-11H2,1H3/t16-,17-,18+,19+,21-,23+,24+/m1/s1. The Morgan fingerprint density at radius 2 is 1.97 bits per heavy atom. The zero-order valence-electron chi connectivity index (χ0n) is 18.6. The number of hydrogen-bond donors (Lipinski definition) is 0. The van der Waals surface area contributed by atoms with E-state index in [1.807, 2.05) is 6.08 Å². The summed E-state index contributed by atoms with van der Waals surface area (Å²) in [5.74, 6) is 1.91. The molecule has 0 aromatic carbocycles. The van der Waals surface area contributed by atoms with Gasteiger partial charge >= 0.3 is 5.97 Å². The highest BCUT2D eigenvalue weighted by atomic mass is 35.6. The van der Waals surface area contributed by atoms with Crippen LogP contribution in [0.5, 0.6) is 0 Å². The van der Waals surface area contributed by atoms with Gasteiger partial charge in [0.1, 0.15) is 0 Å². The van der Waals surface area contributed by atoms with Crippen molar-refractivity contribution >= 4 is 46.6 Å². The van der Waals surface area contributed by atoms with E-state index < -0.39 is 16.1 Å². The lowest BCUT2D eigenvalue weighted by Crippen LogP contribution is -2.49. The van der Waals surface area contributed by atoms with E-state index in [2.05, 4.69) is 6.92 Å². The van der Waals surface area contributed by atoms with E-state index in [0.717, 1.165) is 44.9 Å². The number of furan rings is 1. The van der Waals surface area contributed by atoms with E-state index in [9.17, 15) is 9.59 Å². The number of allylic oxidation sites excluding steroid dienone is 1. The summed E-state index contributed by atoms with van der Waals surface area (Å²) >= 11 is 18.5. The Bertz CT molecular complexity index is 936. The van der Waals surface area contributed by atoms with Crippen LogP contribution in [-0.4, -0.2) is 27.9 Å². The monoisotopic (exact) mass is 514 g/mol. The smallest absolute Gasteiger partial charge is 0.376 e. The summed E-state index contributed by atoms with van der Waals surface area (Å²) in [5, 5.41) is 0. The fraction of sp³-hybridized carbons (Fsp3) is 0.680. The second-order valence-electron chi connectivity index (χ2n) is 10.3. The van der Waals surface area contributed by atoms with E-state index in [1.165, 1.54) is 17.9 Å². The van der Waals surface area contributed by atoms with Crippen LogP contribution in [0.4, 0.5) is 0 Å². The molecule has 0 aliphatic heterocycles. The highest BCUT2D eigenvalue weighted by Crippen LogP contribution is 2.62. The van der Waals surface area contributed by atoms with Crippen molar-refractivity contribution in [3.8, 4) is 0 Å². The first-order chi connectivity index (χ1) is 15.7. The number of alkyl halides is 3. The van der Waals surface area contributed by atoms with Gasteiger partial charge < -0.3 is 13.9 Å². The number of ketones is 1. The number of ether oxygens (including phenoxy) is 2. The summed E-state index contributed by atoms with van der Waals surface area (Å²) < 4.78 is 14.9. The summed E-state index contributed by atoms with van der Waals surface area (Å²) in [7, 11) is 0. The van der Waals surface area contributed by atoms with E-state index >= 15 is 0 Å². The number of halogens is 3. The molecule has 5 nitrogen and oxygen atoms in total. The highest BCUT2D eigenvalue weighted by molar-refractivity contribution is 6.68. The molecule has 0 radical (unpaired) electrons. The molecule has 0 amide bonds. The van der Waals surface area contributed by atoms with Gasteiger partial charge in [0.25, 0.3) is 10.1 Å². The van der Waals surface area contributed by atoms with Crippen LogP contribution in [0.15, 0.2) is 34.5 Å². The maximum absolute atomic E-state index is 12.4. The molecular formula is C25H29Cl3O5. The second kappa shape index (κ2) is 8.89. The Labute approximate surface area is 209 Å². The van der Waals surface area contributed by atoms with Crippen molar-refractivity contribution in [2.24, 2.45) is 29.1 Å². The summed E-state index contributed by atoms with van der Waals surface area (Å²) in [6, 6.07) is 3.09. The molecule has 8 heteroatoms. The lowest BCUT2D eigenvalue weighted by Gasteiger charge is -2.54. The topological polar surface area (TPSA) is 65.7 Å². The first-order valence-corrected chi connectivity index (χ1v) is 13.0. The van der Waals surface area contributed by atoms with E-state index in [-0.39, 0.29) is 23.1 Å². The molecule has 3 fully saturated rings. The third-order valence-corrected chi connectivity index (χ3v) is 9.24. The van der Waals surface area contributed by atoms with Crippen LogP contribution in [0.3, 0.4) is 0 Å². The Kier molecular flexibility index (Phi) is 6.39. The molecule has 5 rings (SSSR count). The quantitative estimate of drug-likeness (QED) is 0.255. The SMILES string of the molecule is C[C@]12CC[C@H]3[C@H](CCC4=CC(=O)CC[C@H]43)[C@@H]1CC[C@H]2O[C@@H](OC(=O)c1ccco1)C(Cl)(Cl)Cl. The average Bonchev–Trinajstić information content (AvgIpc) is 3.40. The maximum atomic E-state index is 12.4. The lowest BCUT2D eigenvalue weighted by atomic mass is 9.52. The van der Waals surface area contributed by atoms with Crippen LogP contribution in [0.1, 0.15) is 68.8 Å². The summed E-state index contributed by atoms with van der Waals surface area (Å²) in [6.07, 6.45) is 9.64. The van der Waals surface area contributed by atoms with Crippen molar-refractivity contribution in [3.05, 3.63) is 35.8 Å². The minimum absolute atomic E-state index is 0.0332. The van der Waals surface area contributed by atoms with Crippen LogP contribution in [0, 0.1) is 29.1 Å². The molecule has 0 N–H and O–H groups in total. The van der Waals surface area contributed by atoms with Gasteiger partial charge in [-0.1, -0.05) is 47.3 Å². The Morgan fingerprint density at radius 3 is 2.70 bits per heavy atom. The molecule has 4 aliphatic rings. The number of carbonyl (C=O) groups excluding carboxylic acids is 2. The largest absolute Gasteiger partial charge is 0.457 e. The third kappa shape index (κ3) is 4.39. The predicted molar refractivity (Wildman–Crippen MR) is 125 cm³/mol. The molecule has 1 heterocycles. The minimum Gasteiger partial charge on any atom is -0.457 e. The molecule has 0 bridgehead atoms. The van der Waals surface area contributed by atoms with Crippen LogP contribution in [0.25, 0.3) is 0 Å². The number of carbonyl (C=O) groups is 2. The Hall–Kier alpha value is -1.01. The van der Waals surface area contributed by atoms with Crippen LogP contribution < -0.4 is 0 Å². The van der Waals surface area contributed by atoms with Crippen molar-refractivity contribution in [1.29, 1.82) is 0 Å². The molecule has 0 saturated heterocycles. The van der Waals surface area contributed by atoms with Gasteiger partial charge in [0.2, 0.25) is 5.76 Å². The van der Waals surface area contributed by atoms with Gasteiger partial charge in [0.05, 0.1) is 12.4 Å². The maximum Gasteiger partial charge on any atom is 0.376 e. The summed E-state index contributed by atoms with van der Waals surface area (Å²) in [6.45, 7) is 2.28. The van der Waals surface area contributed by atoms with Crippen LogP contribution in [-0.2, 0) is 14.3 Å². The van der Waals surface area contributed by atoms with Crippen LogP contribution >= 0.6 is 34.8 Å². The van der Waals surface area contributed by atoms with Crippen molar-refractivity contribution in [1.82, 2.24) is 0 Å². The van der Waals surface area contributed by atoms with Crippen molar-refractivity contribution < 1.29 is 23.5 Å². The highest BCUT2D eigenvalue weighted by Gasteiger charge is 2.58. The fourth-order valence-corrected chi connectivity index (χ4v) is 7.52. The van der Waals surface area contributed by atoms with Crippen LogP contribution in [0.2, 0.25) is 0 Å². The van der Waals surface area contributed by atoms with E-state index in [1.54, 1.807) is 6.07 Å². The minimum atomic E-state index is -1.92. The number of esters is 1. The predicted octanol–water partition coefficient (Wildman–Crippen LogP) is 6.66. The van der Waals surface area contributed by atoms with Gasteiger partial charge in [-0.3, -0.25) is 4.79 Å². The summed E-state index contributed by atoms with van der Waals surface area (Å²) in [4.78, 5) is 24.4. The van der Waals surface area contributed by atoms with E-state index in [4.69, 9.17) is 48.7 Å². The van der Waals surface area contributed by atoms with Gasteiger partial charge in [0, 0.05) is 6.42 Å². The van der Waals surface area contributed by atoms with Gasteiger partial charge in [-0.15, -0.1) is 0 Å². The molecule has 0 unspecified atom stereocenters. The van der Waals surface area contributed by atoms with Crippen molar-refractivity contribution in [2.75, 3.05) is 0 Å². The molecular weight excluding hydrogens is 487 g/mol. The fourth-order valence-electron chi connectivity index (χ4n) is 7.23. The number of hydrogen-bond acceptors (Lipinski definition) is 5. The number of rotatable bonds is 4. The average molecular weight is 516 g/mol. The summed E-state index contributed by atoms with van der Waals surface area (Å²) in [5.41, 5.74) is 1.31. The molecule has 1 aromatic heterocycles. The molecule has 180 valence electrons. The Morgan fingerprint density at radius 1 is 1.15 bits per heavy atom. The van der Waals surface area contributed by atoms with Crippen molar-refractivity contribution in [3.63, 3.8) is 0 Å². The zero-order valence-corrected chi connectivity index (χ0v) is 20.9. The van der Waals surface area contributed by atoms with Gasteiger partial charge in [-0.2, -0.15) is 0 Å². The third-order valence-electron chi connectivity index (χ3n) is 8.70. The van der Waals surface area contributed by atoms with Crippen molar-refractivity contribution in [2.45, 2.75) is 74.5 Å².